The van der Waals surface area contributed by atoms with Gasteiger partial charge in [0.15, 0.2) is 0 Å². The normalized spacial score (nSPS) is 21.6. The molecule has 114 valence electrons. The van der Waals surface area contributed by atoms with E-state index in [2.05, 4.69) is 17.6 Å². The summed E-state index contributed by atoms with van der Waals surface area (Å²) in [6, 6.07) is 6.82. The van der Waals surface area contributed by atoms with E-state index in [4.69, 9.17) is 11.6 Å². The zero-order chi connectivity index (χ0) is 15.2. The molecule has 1 aromatic rings. The van der Waals surface area contributed by atoms with E-state index in [0.717, 1.165) is 19.3 Å². The van der Waals surface area contributed by atoms with E-state index in [1.165, 1.54) is 6.42 Å². The summed E-state index contributed by atoms with van der Waals surface area (Å²) < 4.78 is 0. The fourth-order valence-electron chi connectivity index (χ4n) is 2.65. The van der Waals surface area contributed by atoms with Crippen LogP contribution in [0.4, 0.5) is 0 Å². The number of carbonyl (C=O) groups is 2. The quantitative estimate of drug-likeness (QED) is 0.898. The van der Waals surface area contributed by atoms with Crippen LogP contribution in [-0.2, 0) is 4.79 Å². The van der Waals surface area contributed by atoms with Gasteiger partial charge in [-0.05, 0) is 43.0 Å². The van der Waals surface area contributed by atoms with Crippen LogP contribution in [0.2, 0.25) is 5.02 Å². The van der Waals surface area contributed by atoms with Crippen molar-refractivity contribution < 1.29 is 9.59 Å². The fraction of sp³-hybridized carbons (Fsp3) is 0.500. The smallest absolute Gasteiger partial charge is 0.251 e. The third kappa shape index (κ3) is 4.74. The number of rotatable bonds is 4. The Kier molecular flexibility index (Phi) is 5.62. The zero-order valence-corrected chi connectivity index (χ0v) is 13.0. The number of amides is 2. The Labute approximate surface area is 130 Å². The van der Waals surface area contributed by atoms with E-state index in [-0.39, 0.29) is 24.4 Å². The lowest BCUT2D eigenvalue weighted by atomic mass is 9.86. The second-order valence-corrected chi connectivity index (χ2v) is 6.06. The van der Waals surface area contributed by atoms with Gasteiger partial charge in [-0.15, -0.1) is 0 Å². The van der Waals surface area contributed by atoms with Crippen molar-refractivity contribution in [3.8, 4) is 0 Å². The maximum Gasteiger partial charge on any atom is 0.251 e. The molecule has 0 heterocycles. The molecule has 21 heavy (non-hydrogen) atoms. The molecule has 0 bridgehead atoms. The standard InChI is InChI=1S/C16H21ClN2O2/c1-11-4-2-3-5-14(11)19-15(20)10-18-16(21)12-6-8-13(17)9-7-12/h6-9,11,14H,2-5,10H2,1H3,(H,18,21)(H,19,20)/t11-,14-/m0/s1. The van der Waals surface area contributed by atoms with Gasteiger partial charge in [-0.25, -0.2) is 0 Å². The van der Waals surface area contributed by atoms with Crippen LogP contribution in [0.25, 0.3) is 0 Å². The Morgan fingerprint density at radius 2 is 1.86 bits per heavy atom. The molecule has 0 saturated heterocycles. The predicted octanol–water partition coefficient (Wildman–Crippen LogP) is 2.76. The van der Waals surface area contributed by atoms with E-state index in [0.29, 0.717) is 16.5 Å². The van der Waals surface area contributed by atoms with Gasteiger partial charge in [0.1, 0.15) is 0 Å². The second kappa shape index (κ2) is 7.46. The van der Waals surface area contributed by atoms with Crippen LogP contribution in [0.5, 0.6) is 0 Å². The van der Waals surface area contributed by atoms with E-state index in [9.17, 15) is 9.59 Å². The zero-order valence-electron chi connectivity index (χ0n) is 12.2. The molecule has 2 rings (SSSR count). The number of benzene rings is 1. The molecular formula is C16H21ClN2O2. The van der Waals surface area contributed by atoms with E-state index in [1.54, 1.807) is 24.3 Å². The molecule has 1 saturated carbocycles. The second-order valence-electron chi connectivity index (χ2n) is 5.63. The molecule has 2 N–H and O–H groups in total. The first-order valence-corrected chi connectivity index (χ1v) is 7.77. The molecule has 4 nitrogen and oxygen atoms in total. The Hall–Kier alpha value is -1.55. The number of nitrogens with one attached hydrogen (secondary N) is 2. The van der Waals surface area contributed by atoms with Gasteiger partial charge < -0.3 is 10.6 Å². The number of hydrogen-bond donors (Lipinski definition) is 2. The van der Waals surface area contributed by atoms with Gasteiger partial charge in [0.25, 0.3) is 5.91 Å². The number of hydrogen-bond acceptors (Lipinski definition) is 2. The third-order valence-electron chi connectivity index (χ3n) is 3.97. The molecular weight excluding hydrogens is 288 g/mol. The first-order valence-electron chi connectivity index (χ1n) is 7.39. The molecule has 2 atom stereocenters. The van der Waals surface area contributed by atoms with E-state index in [1.807, 2.05) is 0 Å². The molecule has 0 aromatic heterocycles. The lowest BCUT2D eigenvalue weighted by Gasteiger charge is -2.29. The first-order chi connectivity index (χ1) is 10.1. The van der Waals surface area contributed by atoms with Crippen LogP contribution < -0.4 is 10.6 Å². The highest BCUT2D eigenvalue weighted by molar-refractivity contribution is 6.30. The topological polar surface area (TPSA) is 58.2 Å². The minimum absolute atomic E-state index is 0.00464. The van der Waals surface area contributed by atoms with Gasteiger partial charge in [-0.2, -0.15) is 0 Å². The largest absolute Gasteiger partial charge is 0.352 e. The minimum atomic E-state index is -0.265. The number of halogens is 1. The summed E-state index contributed by atoms with van der Waals surface area (Å²) in [5, 5.41) is 6.22. The van der Waals surface area contributed by atoms with Crippen LogP contribution in [0.15, 0.2) is 24.3 Å². The molecule has 0 unspecified atom stereocenters. The molecule has 5 heteroatoms. The highest BCUT2D eigenvalue weighted by Gasteiger charge is 2.22. The van der Waals surface area contributed by atoms with Crippen LogP contribution in [0.1, 0.15) is 43.0 Å². The summed E-state index contributed by atoms with van der Waals surface area (Å²) in [5.74, 6) is 0.115. The molecule has 0 radical (unpaired) electrons. The Morgan fingerprint density at radius 3 is 2.52 bits per heavy atom. The lowest BCUT2D eigenvalue weighted by Crippen LogP contribution is -2.45. The van der Waals surface area contributed by atoms with Crippen LogP contribution in [0, 0.1) is 5.92 Å². The van der Waals surface area contributed by atoms with Gasteiger partial charge in [0, 0.05) is 16.6 Å². The van der Waals surface area contributed by atoms with Crippen molar-refractivity contribution in [1.82, 2.24) is 10.6 Å². The van der Waals surface area contributed by atoms with Crippen LogP contribution in [-0.4, -0.2) is 24.4 Å². The van der Waals surface area contributed by atoms with Crippen LogP contribution in [0.3, 0.4) is 0 Å². The van der Waals surface area contributed by atoms with Crippen molar-refractivity contribution >= 4 is 23.4 Å². The van der Waals surface area contributed by atoms with Crippen molar-refractivity contribution in [1.29, 1.82) is 0 Å². The molecule has 1 aromatic carbocycles. The molecule has 0 aliphatic heterocycles. The van der Waals surface area contributed by atoms with E-state index < -0.39 is 0 Å². The summed E-state index contributed by atoms with van der Waals surface area (Å²) >= 11 is 5.77. The monoisotopic (exact) mass is 308 g/mol. The lowest BCUT2D eigenvalue weighted by molar-refractivity contribution is -0.121. The van der Waals surface area contributed by atoms with Crippen molar-refractivity contribution in [2.75, 3.05) is 6.54 Å². The Bertz CT molecular complexity index is 502. The SMILES string of the molecule is C[C@H]1CCCC[C@@H]1NC(=O)CNC(=O)c1ccc(Cl)cc1. The van der Waals surface area contributed by atoms with E-state index >= 15 is 0 Å². The van der Waals surface area contributed by atoms with Crippen molar-refractivity contribution in [2.24, 2.45) is 5.92 Å². The fourth-order valence-corrected chi connectivity index (χ4v) is 2.78. The highest BCUT2D eigenvalue weighted by atomic mass is 35.5. The Balaban J connectivity index is 1.78. The summed E-state index contributed by atoms with van der Waals surface area (Å²) in [4.78, 5) is 23.8. The van der Waals surface area contributed by atoms with Gasteiger partial charge in [-0.1, -0.05) is 31.4 Å². The van der Waals surface area contributed by atoms with Gasteiger partial charge in [0.2, 0.25) is 5.91 Å². The average molecular weight is 309 g/mol. The predicted molar refractivity (Wildman–Crippen MR) is 83.3 cm³/mol. The van der Waals surface area contributed by atoms with Gasteiger partial charge in [-0.3, -0.25) is 9.59 Å². The van der Waals surface area contributed by atoms with Crippen molar-refractivity contribution in [2.45, 2.75) is 38.6 Å². The molecule has 1 fully saturated rings. The summed E-state index contributed by atoms with van der Waals surface area (Å²) in [6.07, 6.45) is 4.58. The first kappa shape index (κ1) is 15.8. The van der Waals surface area contributed by atoms with Gasteiger partial charge >= 0.3 is 0 Å². The molecule has 1 aliphatic rings. The van der Waals surface area contributed by atoms with Crippen LogP contribution >= 0.6 is 11.6 Å². The van der Waals surface area contributed by atoms with Crippen molar-refractivity contribution in [3.63, 3.8) is 0 Å². The van der Waals surface area contributed by atoms with Crippen molar-refractivity contribution in [3.05, 3.63) is 34.9 Å². The third-order valence-corrected chi connectivity index (χ3v) is 4.23. The summed E-state index contributed by atoms with van der Waals surface area (Å²) in [7, 11) is 0. The van der Waals surface area contributed by atoms with Gasteiger partial charge in [0.05, 0.1) is 6.54 Å². The average Bonchev–Trinajstić information content (AvgIpc) is 2.48. The number of carbonyl (C=O) groups excluding carboxylic acids is 2. The maximum atomic E-state index is 11.9. The highest BCUT2D eigenvalue weighted by Crippen LogP contribution is 2.23. The summed E-state index contributed by atoms with van der Waals surface area (Å²) in [5.41, 5.74) is 0.498. The molecule has 2 amide bonds. The molecule has 1 aliphatic carbocycles. The Morgan fingerprint density at radius 1 is 1.19 bits per heavy atom. The maximum absolute atomic E-state index is 11.9. The molecule has 0 spiro atoms. The summed E-state index contributed by atoms with van der Waals surface area (Å²) in [6.45, 7) is 2.17. The minimum Gasteiger partial charge on any atom is -0.352 e.